The molecule has 0 saturated carbocycles. The number of rotatable bonds is 6. The molecule has 2 aromatic heterocycles. The molecule has 3 rings (SSSR count). The second kappa shape index (κ2) is 7.82. The van der Waals surface area contributed by atoms with Gasteiger partial charge in [0.1, 0.15) is 9.71 Å². The summed E-state index contributed by atoms with van der Waals surface area (Å²) in [6.07, 6.45) is 0. The zero-order valence-corrected chi connectivity index (χ0v) is 17.4. The first-order valence-electron chi connectivity index (χ1n) is 8.57. The molecule has 0 atom stereocenters. The number of hydrogen-bond acceptors (Lipinski definition) is 7. The lowest BCUT2D eigenvalue weighted by molar-refractivity contribution is 0.0959. The molecule has 0 aliphatic carbocycles. The van der Waals surface area contributed by atoms with Crippen molar-refractivity contribution in [1.82, 2.24) is 20.2 Å². The summed E-state index contributed by atoms with van der Waals surface area (Å²) in [5.74, 6) is -0.368. The molecule has 28 heavy (non-hydrogen) atoms. The minimum absolute atomic E-state index is 0.0602. The molecule has 0 saturated heterocycles. The Morgan fingerprint density at radius 2 is 1.79 bits per heavy atom. The van der Waals surface area contributed by atoms with E-state index in [1.165, 1.54) is 11.3 Å². The topological polar surface area (TPSA) is 127 Å². The third-order valence-corrected chi connectivity index (χ3v) is 6.94. The van der Waals surface area contributed by atoms with Crippen molar-refractivity contribution in [3.63, 3.8) is 0 Å². The van der Waals surface area contributed by atoms with Crippen molar-refractivity contribution in [3.05, 3.63) is 46.0 Å². The third kappa shape index (κ3) is 3.98. The van der Waals surface area contributed by atoms with Crippen molar-refractivity contribution in [2.24, 2.45) is 0 Å². The summed E-state index contributed by atoms with van der Waals surface area (Å²) >= 11 is 1.17. The molecule has 0 unspecified atom stereocenters. The molecular weight excluding hydrogens is 398 g/mol. The van der Waals surface area contributed by atoms with E-state index in [9.17, 15) is 13.2 Å². The maximum atomic E-state index is 12.5. The zero-order valence-electron chi connectivity index (χ0n) is 15.7. The molecule has 8 nitrogen and oxygen atoms in total. The summed E-state index contributed by atoms with van der Waals surface area (Å²) in [5.41, 5.74) is 9.14. The molecule has 10 heteroatoms. The van der Waals surface area contributed by atoms with Crippen LogP contribution in [0.4, 0.5) is 5.69 Å². The van der Waals surface area contributed by atoms with Crippen LogP contribution in [0.15, 0.2) is 29.2 Å². The number of carbonyl (C=O) groups is 1. The fraction of sp³-hybridized carbons (Fsp3) is 0.278. The van der Waals surface area contributed by atoms with Gasteiger partial charge in [0.25, 0.3) is 5.91 Å². The fourth-order valence-corrected chi connectivity index (χ4v) is 4.70. The Kier molecular flexibility index (Phi) is 5.64. The van der Waals surface area contributed by atoms with E-state index in [1.54, 1.807) is 24.3 Å². The van der Waals surface area contributed by atoms with Gasteiger partial charge in [-0.1, -0.05) is 17.7 Å². The van der Waals surface area contributed by atoms with Gasteiger partial charge in [-0.15, -0.1) is 16.4 Å². The van der Waals surface area contributed by atoms with E-state index < -0.39 is 10.0 Å². The van der Waals surface area contributed by atoms with E-state index in [2.05, 4.69) is 20.2 Å². The molecule has 4 N–H and O–H groups in total. The average molecular weight is 420 g/mol. The number of sulfonamides is 1. The largest absolute Gasteiger partial charge is 0.397 e. The van der Waals surface area contributed by atoms with Gasteiger partial charge in [0.15, 0.2) is 0 Å². The molecule has 0 spiro atoms. The minimum atomic E-state index is -3.62. The maximum absolute atomic E-state index is 12.5. The number of nitrogen functional groups attached to an aromatic ring is 1. The lowest BCUT2D eigenvalue weighted by atomic mass is 10.1. The monoisotopic (exact) mass is 419 g/mol. The maximum Gasteiger partial charge on any atom is 0.263 e. The van der Waals surface area contributed by atoms with Crippen molar-refractivity contribution in [3.8, 4) is 0 Å². The van der Waals surface area contributed by atoms with Crippen LogP contribution >= 0.6 is 11.3 Å². The number of nitrogens with zero attached hydrogens (tertiary/aromatic N) is 2. The fourth-order valence-electron chi connectivity index (χ4n) is 2.65. The number of hydrogen-bond donors (Lipinski definition) is 3. The predicted octanol–water partition coefficient (Wildman–Crippen LogP) is 1.91. The number of aryl methyl sites for hydroxylation is 3. The zero-order chi connectivity index (χ0) is 20.5. The highest BCUT2D eigenvalue weighted by Crippen LogP contribution is 2.34. The van der Waals surface area contributed by atoms with Gasteiger partial charge in [-0.05, 0) is 38.5 Å². The molecule has 1 aromatic carbocycles. The van der Waals surface area contributed by atoms with Gasteiger partial charge in [-0.3, -0.25) is 4.79 Å². The molecule has 2 heterocycles. The number of nitrogens with one attached hydrogen (secondary N) is 2. The number of aromatic nitrogens is 2. The lowest BCUT2D eigenvalue weighted by Gasteiger charge is -2.08. The second-order valence-corrected chi connectivity index (χ2v) is 9.17. The van der Waals surface area contributed by atoms with Gasteiger partial charge in [-0.25, -0.2) is 13.1 Å². The number of amides is 1. The Morgan fingerprint density at radius 1 is 1.11 bits per heavy atom. The van der Waals surface area contributed by atoms with Crippen LogP contribution in [0.3, 0.4) is 0 Å². The smallest absolute Gasteiger partial charge is 0.263 e. The minimum Gasteiger partial charge on any atom is -0.397 e. The Morgan fingerprint density at radius 3 is 2.46 bits per heavy atom. The summed E-state index contributed by atoms with van der Waals surface area (Å²) < 4.78 is 27.0. The van der Waals surface area contributed by atoms with Crippen molar-refractivity contribution in [2.75, 3.05) is 18.8 Å². The molecule has 0 aliphatic heterocycles. The molecule has 3 aromatic rings. The lowest BCUT2D eigenvalue weighted by Crippen LogP contribution is -2.34. The van der Waals surface area contributed by atoms with Crippen LogP contribution in [0.1, 0.15) is 26.5 Å². The van der Waals surface area contributed by atoms with Crippen LogP contribution in [0.25, 0.3) is 10.2 Å². The van der Waals surface area contributed by atoms with Crippen LogP contribution in [0.5, 0.6) is 0 Å². The van der Waals surface area contributed by atoms with Crippen LogP contribution in [0.2, 0.25) is 0 Å². The number of thiophene rings is 1. The second-order valence-electron chi connectivity index (χ2n) is 6.40. The summed E-state index contributed by atoms with van der Waals surface area (Å²) in [6.45, 7) is 5.79. The molecule has 148 valence electrons. The molecule has 0 radical (unpaired) electrons. The summed E-state index contributed by atoms with van der Waals surface area (Å²) in [4.78, 5) is 13.6. The first-order chi connectivity index (χ1) is 13.2. The van der Waals surface area contributed by atoms with Crippen molar-refractivity contribution in [1.29, 1.82) is 0 Å². The molecule has 0 bridgehead atoms. The highest BCUT2D eigenvalue weighted by molar-refractivity contribution is 7.89. The van der Waals surface area contributed by atoms with E-state index in [0.717, 1.165) is 22.2 Å². The van der Waals surface area contributed by atoms with Gasteiger partial charge in [-0.2, -0.15) is 5.10 Å². The standard InChI is InChI=1S/C18H21N5O3S2/c1-10-4-6-13(7-5-10)28(25,26)21-9-8-20-17(24)16-15(19)14-11(2)12(3)22-23-18(14)27-16/h4-7,21H,8-9,19H2,1-3H3,(H,20,24). The summed E-state index contributed by atoms with van der Waals surface area (Å²) in [7, 11) is -3.62. The van der Waals surface area contributed by atoms with E-state index >= 15 is 0 Å². The van der Waals surface area contributed by atoms with Crippen LogP contribution in [-0.4, -0.2) is 37.6 Å². The van der Waals surface area contributed by atoms with Gasteiger partial charge in [0, 0.05) is 18.5 Å². The molecule has 0 fully saturated rings. The van der Waals surface area contributed by atoms with E-state index in [0.29, 0.717) is 15.4 Å². The quantitative estimate of drug-likeness (QED) is 0.524. The van der Waals surface area contributed by atoms with Crippen LogP contribution < -0.4 is 15.8 Å². The van der Waals surface area contributed by atoms with Gasteiger partial charge < -0.3 is 11.1 Å². The van der Waals surface area contributed by atoms with Gasteiger partial charge in [0.05, 0.1) is 16.3 Å². The number of anilines is 1. The summed E-state index contributed by atoms with van der Waals surface area (Å²) in [6, 6.07) is 6.54. The number of benzene rings is 1. The van der Waals surface area contributed by atoms with Crippen molar-refractivity contribution >= 4 is 43.2 Å². The van der Waals surface area contributed by atoms with Crippen LogP contribution in [0, 0.1) is 20.8 Å². The molecule has 0 aliphatic rings. The first-order valence-corrected chi connectivity index (χ1v) is 10.9. The Labute approximate surface area is 167 Å². The third-order valence-electron chi connectivity index (χ3n) is 4.38. The van der Waals surface area contributed by atoms with E-state index in [-0.39, 0.29) is 23.9 Å². The SMILES string of the molecule is Cc1ccc(S(=O)(=O)NCCNC(=O)c2sc3nnc(C)c(C)c3c2N)cc1. The van der Waals surface area contributed by atoms with Gasteiger partial charge in [0.2, 0.25) is 10.0 Å². The van der Waals surface area contributed by atoms with Crippen molar-refractivity contribution < 1.29 is 13.2 Å². The Hall–Kier alpha value is -2.56. The number of carbonyl (C=O) groups excluding carboxylic acids is 1. The number of fused-ring (bicyclic) bond motifs is 1. The van der Waals surface area contributed by atoms with Crippen LogP contribution in [-0.2, 0) is 10.0 Å². The highest BCUT2D eigenvalue weighted by atomic mass is 32.2. The Balaban J connectivity index is 1.63. The normalized spacial score (nSPS) is 11.7. The highest BCUT2D eigenvalue weighted by Gasteiger charge is 2.20. The molecular formula is C18H21N5O3S2. The van der Waals surface area contributed by atoms with E-state index in [4.69, 9.17) is 5.73 Å². The Bertz CT molecular complexity index is 1140. The van der Waals surface area contributed by atoms with E-state index in [1.807, 2.05) is 20.8 Å². The van der Waals surface area contributed by atoms with Crippen molar-refractivity contribution in [2.45, 2.75) is 25.7 Å². The van der Waals surface area contributed by atoms with Gasteiger partial charge >= 0.3 is 0 Å². The first kappa shape index (κ1) is 20.2. The molecule has 1 amide bonds. The number of nitrogens with two attached hydrogens (primary N) is 1. The summed E-state index contributed by atoms with van der Waals surface area (Å²) in [5, 5.41) is 11.6. The average Bonchev–Trinajstić information content (AvgIpc) is 2.99. The predicted molar refractivity (Wildman–Crippen MR) is 110 cm³/mol.